The Morgan fingerprint density at radius 1 is 1.35 bits per heavy atom. The number of aromatic nitrogens is 2. The van der Waals surface area contributed by atoms with Crippen molar-refractivity contribution in [2.24, 2.45) is 0 Å². The zero-order valence-corrected chi connectivity index (χ0v) is 16.4. The molecule has 7 heteroatoms. The van der Waals surface area contributed by atoms with Crippen LogP contribution >= 0.6 is 11.3 Å². The lowest BCUT2D eigenvalue weighted by Gasteiger charge is -2.38. The summed E-state index contributed by atoms with van der Waals surface area (Å²) in [4.78, 5) is 30.2. The van der Waals surface area contributed by atoms with Crippen LogP contribution in [-0.4, -0.2) is 57.5 Å². The molecule has 2 aromatic heterocycles. The fourth-order valence-electron chi connectivity index (χ4n) is 3.46. The highest BCUT2D eigenvalue weighted by molar-refractivity contribution is 7.12. The monoisotopic (exact) mass is 374 g/mol. The largest absolute Gasteiger partial charge is 0.337 e. The number of piperidine rings is 1. The van der Waals surface area contributed by atoms with E-state index < -0.39 is 0 Å². The Kier molecular flexibility index (Phi) is 5.76. The highest BCUT2D eigenvalue weighted by Crippen LogP contribution is 2.23. The van der Waals surface area contributed by atoms with Crippen LogP contribution in [0.3, 0.4) is 0 Å². The molecule has 2 amide bonds. The number of carbonyl (C=O) groups excluding carboxylic acids is 2. The van der Waals surface area contributed by atoms with Gasteiger partial charge in [0.25, 0.3) is 11.8 Å². The van der Waals surface area contributed by atoms with Gasteiger partial charge in [0.1, 0.15) is 0 Å². The van der Waals surface area contributed by atoms with Gasteiger partial charge in [-0.05, 0) is 44.6 Å². The average molecular weight is 375 g/mol. The molecule has 3 rings (SSSR count). The van der Waals surface area contributed by atoms with Crippen LogP contribution in [-0.2, 0) is 0 Å². The summed E-state index contributed by atoms with van der Waals surface area (Å²) in [5, 5.41) is 8.98. The Hall–Kier alpha value is -2.15. The molecule has 0 bridgehead atoms. The quantitative estimate of drug-likeness (QED) is 0.873. The van der Waals surface area contributed by atoms with Gasteiger partial charge in [0.15, 0.2) is 5.69 Å². The third kappa shape index (κ3) is 3.67. The van der Waals surface area contributed by atoms with Crippen LogP contribution in [0.4, 0.5) is 0 Å². The van der Waals surface area contributed by atoms with Crippen molar-refractivity contribution in [1.82, 2.24) is 20.0 Å². The number of carbonyl (C=O) groups is 2. The minimum absolute atomic E-state index is 0.0167. The van der Waals surface area contributed by atoms with Crippen molar-refractivity contribution < 1.29 is 9.59 Å². The lowest BCUT2D eigenvalue weighted by Crippen LogP contribution is -2.49. The zero-order chi connectivity index (χ0) is 18.7. The summed E-state index contributed by atoms with van der Waals surface area (Å²) >= 11 is 1.49. The summed E-state index contributed by atoms with van der Waals surface area (Å²) in [5.41, 5.74) is 2.36. The van der Waals surface area contributed by atoms with E-state index >= 15 is 0 Å². The summed E-state index contributed by atoms with van der Waals surface area (Å²) in [6.07, 6.45) is 2.55. The highest BCUT2D eigenvalue weighted by atomic mass is 32.1. The lowest BCUT2D eigenvalue weighted by molar-refractivity contribution is 0.0519. The van der Waals surface area contributed by atoms with E-state index in [1.54, 1.807) is 0 Å². The topological polar surface area (TPSA) is 69.3 Å². The first kappa shape index (κ1) is 18.6. The van der Waals surface area contributed by atoms with Crippen LogP contribution in [0.5, 0.6) is 0 Å². The molecule has 1 aliphatic rings. The second kappa shape index (κ2) is 8.03. The summed E-state index contributed by atoms with van der Waals surface area (Å²) in [6, 6.07) is 3.99. The smallest absolute Gasteiger partial charge is 0.274 e. The lowest BCUT2D eigenvalue weighted by atomic mass is 10.0. The van der Waals surface area contributed by atoms with Gasteiger partial charge in [-0.25, -0.2) is 0 Å². The molecule has 0 aliphatic carbocycles. The minimum Gasteiger partial charge on any atom is -0.337 e. The Labute approximate surface area is 158 Å². The molecule has 0 unspecified atom stereocenters. The maximum Gasteiger partial charge on any atom is 0.274 e. The van der Waals surface area contributed by atoms with Gasteiger partial charge < -0.3 is 9.80 Å². The van der Waals surface area contributed by atoms with Crippen LogP contribution in [0.15, 0.2) is 17.5 Å². The van der Waals surface area contributed by atoms with E-state index in [-0.39, 0.29) is 17.9 Å². The summed E-state index contributed by atoms with van der Waals surface area (Å²) in [5.74, 6) is 0.0994. The number of amides is 2. The maximum atomic E-state index is 12.8. The van der Waals surface area contributed by atoms with Crippen molar-refractivity contribution in [2.45, 2.75) is 46.1 Å². The minimum atomic E-state index is -0.0167. The van der Waals surface area contributed by atoms with Crippen molar-refractivity contribution in [2.75, 3.05) is 19.6 Å². The average Bonchev–Trinajstić information content (AvgIpc) is 3.30. The summed E-state index contributed by atoms with van der Waals surface area (Å²) < 4.78 is 0. The fraction of sp³-hybridized carbons (Fsp3) is 0.526. The van der Waals surface area contributed by atoms with Gasteiger partial charge in [-0.3, -0.25) is 14.7 Å². The van der Waals surface area contributed by atoms with E-state index in [0.717, 1.165) is 41.9 Å². The van der Waals surface area contributed by atoms with Crippen LogP contribution in [0.25, 0.3) is 0 Å². The Balaban J connectivity index is 1.65. The number of nitrogens with zero attached hydrogens (tertiary/aromatic N) is 3. The molecule has 1 N–H and O–H groups in total. The van der Waals surface area contributed by atoms with Gasteiger partial charge in [-0.1, -0.05) is 13.0 Å². The van der Waals surface area contributed by atoms with Gasteiger partial charge in [0.05, 0.1) is 4.88 Å². The highest BCUT2D eigenvalue weighted by Gasteiger charge is 2.31. The van der Waals surface area contributed by atoms with Crippen molar-refractivity contribution in [1.29, 1.82) is 0 Å². The molecular weight excluding hydrogens is 348 g/mol. The van der Waals surface area contributed by atoms with E-state index in [1.165, 1.54) is 11.3 Å². The number of aromatic amines is 1. The molecule has 2 aromatic rings. The molecule has 26 heavy (non-hydrogen) atoms. The van der Waals surface area contributed by atoms with Crippen molar-refractivity contribution in [3.8, 4) is 0 Å². The van der Waals surface area contributed by atoms with E-state index in [9.17, 15) is 9.59 Å². The first-order valence-electron chi connectivity index (χ1n) is 9.18. The Bertz CT molecular complexity index is 761. The van der Waals surface area contributed by atoms with Crippen LogP contribution in [0.1, 0.15) is 57.6 Å². The maximum absolute atomic E-state index is 12.8. The standard InChI is InChI=1S/C19H26N4O2S/c1-4-9-23(18(24)16-6-5-12-26-16)15-7-10-22(11-8-15)19(25)17-13(2)14(3)20-21-17/h5-6,12,15H,4,7-11H2,1-3H3,(H,20,21). The second-order valence-corrected chi connectivity index (χ2v) is 7.77. The van der Waals surface area contributed by atoms with Gasteiger partial charge >= 0.3 is 0 Å². The number of nitrogens with one attached hydrogen (secondary N) is 1. The molecule has 0 spiro atoms. The van der Waals surface area contributed by atoms with E-state index in [4.69, 9.17) is 0 Å². The van der Waals surface area contributed by atoms with Crippen molar-refractivity contribution >= 4 is 23.2 Å². The first-order valence-corrected chi connectivity index (χ1v) is 10.1. The van der Waals surface area contributed by atoms with Crippen molar-refractivity contribution in [3.05, 3.63) is 39.3 Å². The fourth-order valence-corrected chi connectivity index (χ4v) is 4.14. The number of hydrogen-bond donors (Lipinski definition) is 1. The third-order valence-corrected chi connectivity index (χ3v) is 5.96. The Morgan fingerprint density at radius 2 is 2.08 bits per heavy atom. The predicted molar refractivity (Wildman–Crippen MR) is 103 cm³/mol. The molecular formula is C19H26N4O2S. The van der Waals surface area contributed by atoms with Gasteiger partial charge in [-0.2, -0.15) is 5.10 Å². The normalized spacial score (nSPS) is 15.3. The van der Waals surface area contributed by atoms with Crippen LogP contribution in [0, 0.1) is 13.8 Å². The van der Waals surface area contributed by atoms with Crippen molar-refractivity contribution in [3.63, 3.8) is 0 Å². The molecule has 1 aliphatic heterocycles. The van der Waals surface area contributed by atoms with Crippen LogP contribution in [0.2, 0.25) is 0 Å². The molecule has 0 saturated carbocycles. The van der Waals surface area contributed by atoms with E-state index in [1.807, 2.05) is 41.2 Å². The number of aryl methyl sites for hydroxylation is 1. The van der Waals surface area contributed by atoms with E-state index in [2.05, 4.69) is 17.1 Å². The molecule has 3 heterocycles. The number of likely N-dealkylation sites (tertiary alicyclic amines) is 1. The summed E-state index contributed by atoms with van der Waals surface area (Å²) in [6.45, 7) is 8.01. The molecule has 0 radical (unpaired) electrons. The number of hydrogen-bond acceptors (Lipinski definition) is 4. The van der Waals surface area contributed by atoms with Crippen LogP contribution < -0.4 is 0 Å². The molecule has 0 aromatic carbocycles. The first-order chi connectivity index (χ1) is 12.5. The van der Waals surface area contributed by atoms with Gasteiger partial charge in [0.2, 0.25) is 0 Å². The molecule has 140 valence electrons. The molecule has 0 atom stereocenters. The number of rotatable bonds is 5. The molecule has 1 saturated heterocycles. The Morgan fingerprint density at radius 3 is 2.62 bits per heavy atom. The summed E-state index contributed by atoms with van der Waals surface area (Å²) in [7, 11) is 0. The number of thiophene rings is 1. The van der Waals surface area contributed by atoms with Gasteiger partial charge in [-0.15, -0.1) is 11.3 Å². The zero-order valence-electron chi connectivity index (χ0n) is 15.6. The predicted octanol–water partition coefficient (Wildman–Crippen LogP) is 3.25. The number of H-pyrrole nitrogens is 1. The van der Waals surface area contributed by atoms with E-state index in [0.29, 0.717) is 18.8 Å². The van der Waals surface area contributed by atoms with Gasteiger partial charge in [0, 0.05) is 36.9 Å². The molecule has 1 fully saturated rings. The second-order valence-electron chi connectivity index (χ2n) is 6.82. The third-order valence-electron chi connectivity index (χ3n) is 5.11. The molecule has 6 nitrogen and oxygen atoms in total. The SMILES string of the molecule is CCCN(C(=O)c1cccs1)C1CCN(C(=O)c2n[nH]c(C)c2C)CC1.